The van der Waals surface area contributed by atoms with E-state index in [1.54, 1.807) is 0 Å². The lowest BCUT2D eigenvalue weighted by Crippen LogP contribution is -2.37. The molecule has 8 nitrogen and oxygen atoms in total. The number of carboxylic acids is 1. The van der Waals surface area contributed by atoms with Gasteiger partial charge in [-0.25, -0.2) is 0 Å². The first-order valence-electron chi connectivity index (χ1n) is 16.8. The third-order valence-electron chi connectivity index (χ3n) is 8.63. The average molecular weight is 651 g/mol. The maximum atomic E-state index is 12.4. The predicted molar refractivity (Wildman–Crippen MR) is 186 cm³/mol. The van der Waals surface area contributed by atoms with Gasteiger partial charge in [0.15, 0.2) is 6.29 Å². The molecule has 1 heterocycles. The maximum absolute atomic E-state index is 12.4. The van der Waals surface area contributed by atoms with Gasteiger partial charge in [0, 0.05) is 44.5 Å². The van der Waals surface area contributed by atoms with E-state index in [9.17, 15) is 14.7 Å². The monoisotopic (exact) mass is 650 g/mol. The van der Waals surface area contributed by atoms with Crippen molar-refractivity contribution in [2.75, 3.05) is 13.6 Å². The number of carboxylic acid groups (broad SMARTS) is 1. The van der Waals surface area contributed by atoms with E-state index >= 15 is 0 Å². The van der Waals surface area contributed by atoms with Gasteiger partial charge in [-0.2, -0.15) is 0 Å². The minimum atomic E-state index is -0.801. The van der Waals surface area contributed by atoms with Gasteiger partial charge in [-0.3, -0.25) is 14.5 Å². The molecule has 1 fully saturated rings. The molecule has 3 N–H and O–H groups in total. The summed E-state index contributed by atoms with van der Waals surface area (Å²) in [5.41, 5.74) is 7.16. The summed E-state index contributed by atoms with van der Waals surface area (Å²) in [5.74, 6) is -0.835. The normalized spacial score (nSPS) is 17.7. The predicted octanol–water partition coefficient (Wildman–Crippen LogP) is 7.17. The van der Waals surface area contributed by atoms with E-state index in [0.717, 1.165) is 52.9 Å². The Morgan fingerprint density at radius 2 is 1.48 bits per heavy atom. The Morgan fingerprint density at radius 3 is 2.23 bits per heavy atom. The lowest BCUT2D eigenvalue weighted by molar-refractivity contribution is -0.252. The first-order valence-corrected chi connectivity index (χ1v) is 16.8. The largest absolute Gasteiger partial charge is 0.481 e. The molecule has 8 heteroatoms. The summed E-state index contributed by atoms with van der Waals surface area (Å²) in [6.45, 7) is 1.99. The highest BCUT2D eigenvalue weighted by Gasteiger charge is 2.33. The SMILES string of the molecule is CN(Cc1ccccc1)C[C@@H]1C[C@H](c2ccc(CO)cc2)O[C@H](c2cccc(-c3cccc(CNC(=O)CCCCCC(=O)O)c3)c2)O1. The van der Waals surface area contributed by atoms with Crippen LogP contribution in [0.25, 0.3) is 11.1 Å². The molecular formula is C40H46N2O6. The van der Waals surface area contributed by atoms with Crippen molar-refractivity contribution < 1.29 is 29.3 Å². The fourth-order valence-corrected chi connectivity index (χ4v) is 6.09. The Hall–Kier alpha value is -4.34. The molecule has 5 rings (SSSR count). The molecule has 3 atom stereocenters. The zero-order valence-corrected chi connectivity index (χ0v) is 27.6. The van der Waals surface area contributed by atoms with Crippen molar-refractivity contribution in [3.8, 4) is 11.1 Å². The Balaban J connectivity index is 1.26. The summed E-state index contributed by atoms with van der Waals surface area (Å²) in [4.78, 5) is 25.3. The molecule has 4 aromatic carbocycles. The molecule has 0 aromatic heterocycles. The number of carbonyl (C=O) groups excluding carboxylic acids is 1. The first kappa shape index (κ1) is 35.0. The number of benzene rings is 4. The molecular weight excluding hydrogens is 604 g/mol. The second kappa shape index (κ2) is 17.7. The summed E-state index contributed by atoms with van der Waals surface area (Å²) in [5, 5.41) is 21.3. The molecule has 252 valence electrons. The highest BCUT2D eigenvalue weighted by molar-refractivity contribution is 5.76. The van der Waals surface area contributed by atoms with E-state index in [4.69, 9.17) is 14.6 Å². The molecule has 0 spiro atoms. The third kappa shape index (κ3) is 10.6. The number of unbranched alkanes of at least 4 members (excludes halogenated alkanes) is 2. The Labute approximate surface area is 283 Å². The molecule has 0 bridgehead atoms. The fourth-order valence-electron chi connectivity index (χ4n) is 6.09. The highest BCUT2D eigenvalue weighted by Crippen LogP contribution is 2.39. The second-order valence-electron chi connectivity index (χ2n) is 12.6. The van der Waals surface area contributed by atoms with E-state index in [1.807, 2.05) is 54.6 Å². The molecule has 0 radical (unpaired) electrons. The number of hydrogen-bond acceptors (Lipinski definition) is 6. The van der Waals surface area contributed by atoms with Crippen LogP contribution in [0.2, 0.25) is 0 Å². The van der Waals surface area contributed by atoms with Gasteiger partial charge >= 0.3 is 5.97 Å². The molecule has 1 aliphatic heterocycles. The van der Waals surface area contributed by atoms with Gasteiger partial charge in [0.05, 0.1) is 18.8 Å². The zero-order valence-electron chi connectivity index (χ0n) is 27.6. The van der Waals surface area contributed by atoms with Gasteiger partial charge in [-0.15, -0.1) is 0 Å². The number of likely N-dealkylation sites (N-methyl/N-ethyl adjacent to an activating group) is 1. The van der Waals surface area contributed by atoms with Crippen molar-refractivity contribution in [2.24, 2.45) is 0 Å². The van der Waals surface area contributed by atoms with Crippen molar-refractivity contribution in [3.63, 3.8) is 0 Å². The second-order valence-corrected chi connectivity index (χ2v) is 12.6. The number of ether oxygens (including phenoxy) is 2. The summed E-state index contributed by atoms with van der Waals surface area (Å²) in [6.07, 6.45) is 2.44. The van der Waals surface area contributed by atoms with Gasteiger partial charge in [0.1, 0.15) is 0 Å². The van der Waals surface area contributed by atoms with E-state index in [-0.39, 0.29) is 31.1 Å². The van der Waals surface area contributed by atoms with Crippen LogP contribution in [0, 0.1) is 0 Å². The Morgan fingerprint density at radius 1 is 0.771 bits per heavy atom. The van der Waals surface area contributed by atoms with Crippen molar-refractivity contribution in [2.45, 2.75) is 76.7 Å². The van der Waals surface area contributed by atoms with E-state index in [0.29, 0.717) is 32.2 Å². The molecule has 48 heavy (non-hydrogen) atoms. The minimum absolute atomic E-state index is 0.000983. The molecule has 1 amide bonds. The fraction of sp³-hybridized carbons (Fsp3) is 0.350. The van der Waals surface area contributed by atoms with Gasteiger partial charge in [0.25, 0.3) is 0 Å². The quantitative estimate of drug-likeness (QED) is 0.110. The number of aliphatic hydroxyl groups excluding tert-OH is 1. The van der Waals surface area contributed by atoms with Crippen molar-refractivity contribution >= 4 is 11.9 Å². The average Bonchev–Trinajstić information content (AvgIpc) is 3.11. The molecule has 0 unspecified atom stereocenters. The number of rotatable bonds is 16. The summed E-state index contributed by atoms with van der Waals surface area (Å²) in [7, 11) is 2.12. The van der Waals surface area contributed by atoms with Crippen LogP contribution in [-0.4, -0.2) is 46.7 Å². The summed E-state index contributed by atoms with van der Waals surface area (Å²) >= 11 is 0. The standard InChI is InChI=1S/C40H46N2O6/c1-42(26-29-10-4-2-5-11-29)27-36-24-37(32-20-18-30(28-43)19-21-32)48-40(47-36)35-15-9-14-34(23-35)33-13-8-12-31(22-33)25-41-38(44)16-6-3-7-17-39(45)46/h2,4-5,8-15,18-23,36-37,40,43H,3,6-7,16-17,24-28H2,1H3,(H,41,44)(H,45,46)/t36-,37+,40+/m0/s1. The number of aliphatic hydroxyl groups is 1. The van der Waals surface area contributed by atoms with Crippen LogP contribution in [0.1, 0.15) is 78.7 Å². The summed E-state index contributed by atoms with van der Waals surface area (Å²) < 4.78 is 13.3. The lowest BCUT2D eigenvalue weighted by atomic mass is 9.98. The molecule has 1 saturated heterocycles. The van der Waals surface area contributed by atoms with Crippen LogP contribution in [-0.2, 0) is 38.8 Å². The number of amides is 1. The van der Waals surface area contributed by atoms with Crippen LogP contribution in [0.3, 0.4) is 0 Å². The highest BCUT2D eigenvalue weighted by atomic mass is 16.7. The van der Waals surface area contributed by atoms with Crippen LogP contribution in [0.5, 0.6) is 0 Å². The van der Waals surface area contributed by atoms with Crippen LogP contribution in [0.4, 0.5) is 0 Å². The first-order chi connectivity index (χ1) is 23.4. The van der Waals surface area contributed by atoms with Gasteiger partial charge < -0.3 is 25.0 Å². The number of nitrogens with one attached hydrogen (secondary N) is 1. The lowest BCUT2D eigenvalue weighted by Gasteiger charge is -2.38. The molecule has 1 aliphatic rings. The third-order valence-corrected chi connectivity index (χ3v) is 8.63. The number of hydrogen-bond donors (Lipinski definition) is 3. The molecule has 0 aliphatic carbocycles. The van der Waals surface area contributed by atoms with Crippen LogP contribution < -0.4 is 5.32 Å². The molecule has 0 saturated carbocycles. The van der Waals surface area contributed by atoms with Gasteiger partial charge in [0.2, 0.25) is 5.91 Å². The maximum Gasteiger partial charge on any atom is 0.303 e. The zero-order chi connectivity index (χ0) is 33.7. The summed E-state index contributed by atoms with van der Waals surface area (Å²) in [6, 6.07) is 34.7. The number of nitrogens with zero attached hydrogens (tertiary/aromatic N) is 1. The van der Waals surface area contributed by atoms with E-state index in [1.165, 1.54) is 5.56 Å². The van der Waals surface area contributed by atoms with Gasteiger partial charge in [-0.1, -0.05) is 97.4 Å². The van der Waals surface area contributed by atoms with E-state index in [2.05, 4.69) is 65.8 Å². The smallest absolute Gasteiger partial charge is 0.303 e. The van der Waals surface area contributed by atoms with Crippen molar-refractivity contribution in [3.05, 3.63) is 131 Å². The Kier molecular flexibility index (Phi) is 12.9. The van der Waals surface area contributed by atoms with Crippen molar-refractivity contribution in [1.82, 2.24) is 10.2 Å². The van der Waals surface area contributed by atoms with Crippen LogP contribution >= 0.6 is 0 Å². The number of carbonyl (C=O) groups is 2. The Bertz CT molecular complexity index is 1610. The topological polar surface area (TPSA) is 108 Å². The number of aliphatic carboxylic acids is 1. The van der Waals surface area contributed by atoms with Gasteiger partial charge in [-0.05, 0) is 65.4 Å². The van der Waals surface area contributed by atoms with E-state index < -0.39 is 12.3 Å². The van der Waals surface area contributed by atoms with Crippen LogP contribution in [0.15, 0.2) is 103 Å². The molecule has 4 aromatic rings. The van der Waals surface area contributed by atoms with Crippen molar-refractivity contribution in [1.29, 1.82) is 0 Å². The minimum Gasteiger partial charge on any atom is -0.481 e.